The number of unbranched alkanes of at least 4 members (excludes halogenated alkanes) is 2. The first kappa shape index (κ1) is 15.0. The molecule has 102 valence electrons. The van der Waals surface area contributed by atoms with E-state index < -0.39 is 0 Å². The van der Waals surface area contributed by atoms with Gasteiger partial charge in [0.25, 0.3) is 0 Å². The van der Waals surface area contributed by atoms with Gasteiger partial charge in [-0.15, -0.1) is 0 Å². The lowest BCUT2D eigenvalue weighted by Gasteiger charge is -2.31. The summed E-state index contributed by atoms with van der Waals surface area (Å²) in [5, 5.41) is 3.39. The van der Waals surface area contributed by atoms with E-state index in [4.69, 9.17) is 0 Å². The van der Waals surface area contributed by atoms with Gasteiger partial charge in [0, 0.05) is 0 Å². The first-order chi connectivity index (χ1) is 8.36. The Morgan fingerprint density at radius 1 is 1.06 bits per heavy atom. The van der Waals surface area contributed by atoms with Gasteiger partial charge in [-0.1, -0.05) is 33.1 Å². The average molecular weight is 240 g/mol. The molecule has 0 atom stereocenters. The second-order valence-corrected chi connectivity index (χ2v) is 5.49. The van der Waals surface area contributed by atoms with Crippen molar-refractivity contribution in [2.75, 3.05) is 32.7 Å². The Bertz CT molecular complexity index is 162. The minimum atomic E-state index is 1.03. The summed E-state index contributed by atoms with van der Waals surface area (Å²) < 4.78 is 0. The van der Waals surface area contributed by atoms with Crippen LogP contribution in [0.4, 0.5) is 0 Å². The van der Waals surface area contributed by atoms with Crippen LogP contribution < -0.4 is 5.32 Å². The zero-order chi connectivity index (χ0) is 12.3. The Balaban J connectivity index is 1.91. The highest BCUT2D eigenvalue weighted by atomic mass is 15.1. The fourth-order valence-corrected chi connectivity index (χ4v) is 2.85. The van der Waals surface area contributed by atoms with Crippen molar-refractivity contribution in [1.82, 2.24) is 10.2 Å². The summed E-state index contributed by atoms with van der Waals surface area (Å²) in [7, 11) is 0. The highest BCUT2D eigenvalue weighted by molar-refractivity contribution is 4.71. The second kappa shape index (κ2) is 9.90. The standard InChI is InChI=1S/C15H32N2/c1-3-8-15-9-13-17(14-10-15)12-7-5-6-11-16-4-2/h15-16H,3-14H2,1-2H3. The molecule has 0 unspecified atom stereocenters. The maximum atomic E-state index is 3.39. The van der Waals surface area contributed by atoms with Gasteiger partial charge in [-0.05, 0) is 64.3 Å². The van der Waals surface area contributed by atoms with Crippen molar-refractivity contribution in [2.45, 2.75) is 58.8 Å². The molecule has 0 saturated carbocycles. The molecule has 0 amide bonds. The number of nitrogens with zero attached hydrogens (tertiary/aromatic N) is 1. The highest BCUT2D eigenvalue weighted by Gasteiger charge is 2.17. The number of nitrogens with one attached hydrogen (secondary N) is 1. The lowest BCUT2D eigenvalue weighted by Crippen LogP contribution is -2.34. The summed E-state index contributed by atoms with van der Waals surface area (Å²) in [6.07, 6.45) is 9.86. The number of hydrogen-bond donors (Lipinski definition) is 1. The molecule has 1 N–H and O–H groups in total. The van der Waals surface area contributed by atoms with Crippen LogP contribution in [0.25, 0.3) is 0 Å². The number of likely N-dealkylation sites (tertiary alicyclic amines) is 1. The minimum absolute atomic E-state index is 1.03. The third-order valence-electron chi connectivity index (χ3n) is 3.98. The van der Waals surface area contributed by atoms with Crippen molar-refractivity contribution in [2.24, 2.45) is 5.92 Å². The SMILES string of the molecule is CCCC1CCN(CCCCCNCC)CC1. The molecule has 2 nitrogen and oxygen atoms in total. The van der Waals surface area contributed by atoms with Gasteiger partial charge in [0.2, 0.25) is 0 Å². The molecule has 0 bridgehead atoms. The van der Waals surface area contributed by atoms with Crippen LogP contribution in [0.3, 0.4) is 0 Å². The maximum absolute atomic E-state index is 3.39. The molecule has 0 aromatic heterocycles. The van der Waals surface area contributed by atoms with E-state index in [0.717, 1.165) is 12.5 Å². The van der Waals surface area contributed by atoms with Gasteiger partial charge in [-0.3, -0.25) is 0 Å². The van der Waals surface area contributed by atoms with Gasteiger partial charge in [0.05, 0.1) is 0 Å². The quantitative estimate of drug-likeness (QED) is 0.622. The van der Waals surface area contributed by atoms with Crippen molar-refractivity contribution in [3.05, 3.63) is 0 Å². The van der Waals surface area contributed by atoms with Crippen LogP contribution in [0.2, 0.25) is 0 Å². The Kier molecular flexibility index (Phi) is 8.72. The maximum Gasteiger partial charge on any atom is -0.00161 e. The van der Waals surface area contributed by atoms with Crippen LogP contribution in [-0.4, -0.2) is 37.6 Å². The van der Waals surface area contributed by atoms with Crippen molar-refractivity contribution in [3.8, 4) is 0 Å². The highest BCUT2D eigenvalue weighted by Crippen LogP contribution is 2.21. The molecule has 2 heteroatoms. The lowest BCUT2D eigenvalue weighted by atomic mass is 9.92. The van der Waals surface area contributed by atoms with Crippen LogP contribution in [-0.2, 0) is 0 Å². The Hall–Kier alpha value is -0.0800. The monoisotopic (exact) mass is 240 g/mol. The largest absolute Gasteiger partial charge is 0.317 e. The molecule has 1 saturated heterocycles. The van der Waals surface area contributed by atoms with Gasteiger partial charge in [0.15, 0.2) is 0 Å². The summed E-state index contributed by atoms with van der Waals surface area (Å²) in [4.78, 5) is 2.68. The van der Waals surface area contributed by atoms with Gasteiger partial charge < -0.3 is 10.2 Å². The smallest absolute Gasteiger partial charge is 0.00161 e. The fraction of sp³-hybridized carbons (Fsp3) is 1.00. The van der Waals surface area contributed by atoms with Crippen molar-refractivity contribution in [3.63, 3.8) is 0 Å². The molecule has 1 aliphatic rings. The third kappa shape index (κ3) is 7.05. The van der Waals surface area contributed by atoms with E-state index in [1.165, 1.54) is 71.1 Å². The summed E-state index contributed by atoms with van der Waals surface area (Å²) in [5.74, 6) is 1.03. The minimum Gasteiger partial charge on any atom is -0.317 e. The molecular formula is C15H32N2. The number of piperidine rings is 1. The van der Waals surface area contributed by atoms with Crippen molar-refractivity contribution >= 4 is 0 Å². The predicted molar refractivity (Wildman–Crippen MR) is 76.5 cm³/mol. The summed E-state index contributed by atoms with van der Waals surface area (Å²) in [6.45, 7) is 10.9. The molecule has 1 fully saturated rings. The Morgan fingerprint density at radius 2 is 1.82 bits per heavy atom. The van der Waals surface area contributed by atoms with E-state index in [-0.39, 0.29) is 0 Å². The van der Waals surface area contributed by atoms with Crippen LogP contribution in [0.15, 0.2) is 0 Å². The zero-order valence-electron chi connectivity index (χ0n) is 12.0. The summed E-state index contributed by atoms with van der Waals surface area (Å²) in [6, 6.07) is 0. The van der Waals surface area contributed by atoms with Gasteiger partial charge in [-0.2, -0.15) is 0 Å². The predicted octanol–water partition coefficient (Wildman–Crippen LogP) is 3.28. The molecule has 0 spiro atoms. The van der Waals surface area contributed by atoms with E-state index in [1.54, 1.807) is 0 Å². The lowest BCUT2D eigenvalue weighted by molar-refractivity contribution is 0.176. The summed E-state index contributed by atoms with van der Waals surface area (Å²) >= 11 is 0. The van der Waals surface area contributed by atoms with E-state index >= 15 is 0 Å². The van der Waals surface area contributed by atoms with Crippen LogP contribution in [0, 0.1) is 5.92 Å². The van der Waals surface area contributed by atoms with Crippen LogP contribution >= 0.6 is 0 Å². The van der Waals surface area contributed by atoms with Crippen LogP contribution in [0.5, 0.6) is 0 Å². The van der Waals surface area contributed by atoms with E-state index in [2.05, 4.69) is 24.1 Å². The molecule has 1 aliphatic heterocycles. The number of hydrogen-bond acceptors (Lipinski definition) is 2. The van der Waals surface area contributed by atoms with E-state index in [9.17, 15) is 0 Å². The van der Waals surface area contributed by atoms with Gasteiger partial charge in [0.1, 0.15) is 0 Å². The van der Waals surface area contributed by atoms with Gasteiger partial charge >= 0.3 is 0 Å². The molecule has 0 radical (unpaired) electrons. The third-order valence-corrected chi connectivity index (χ3v) is 3.98. The average Bonchev–Trinajstić information content (AvgIpc) is 2.36. The molecule has 0 aliphatic carbocycles. The molecule has 1 heterocycles. The molecule has 1 rings (SSSR count). The first-order valence-corrected chi connectivity index (χ1v) is 7.79. The van der Waals surface area contributed by atoms with Crippen molar-refractivity contribution in [1.29, 1.82) is 0 Å². The normalized spacial score (nSPS) is 18.7. The van der Waals surface area contributed by atoms with E-state index in [0.29, 0.717) is 0 Å². The van der Waals surface area contributed by atoms with Crippen LogP contribution in [0.1, 0.15) is 58.8 Å². The fourth-order valence-electron chi connectivity index (χ4n) is 2.85. The molecule has 17 heavy (non-hydrogen) atoms. The number of rotatable bonds is 9. The Morgan fingerprint density at radius 3 is 2.47 bits per heavy atom. The second-order valence-electron chi connectivity index (χ2n) is 5.49. The first-order valence-electron chi connectivity index (χ1n) is 7.79. The van der Waals surface area contributed by atoms with Crippen molar-refractivity contribution < 1.29 is 0 Å². The topological polar surface area (TPSA) is 15.3 Å². The summed E-state index contributed by atoms with van der Waals surface area (Å²) in [5.41, 5.74) is 0. The molecule has 0 aromatic rings. The molecule has 0 aromatic carbocycles. The van der Waals surface area contributed by atoms with E-state index in [1.807, 2.05) is 0 Å². The zero-order valence-corrected chi connectivity index (χ0v) is 12.0. The molecular weight excluding hydrogens is 208 g/mol. The van der Waals surface area contributed by atoms with Gasteiger partial charge in [-0.25, -0.2) is 0 Å². The Labute approximate surface area is 108 Å².